The summed E-state index contributed by atoms with van der Waals surface area (Å²) in [6, 6.07) is 7.58. The lowest BCUT2D eigenvalue weighted by molar-refractivity contribution is 0.0502. The molecule has 1 heterocycles. The number of hydrogen-bond donors (Lipinski definition) is 0. The second-order valence-electron chi connectivity index (χ2n) is 4.29. The molecule has 3 nitrogen and oxygen atoms in total. The Morgan fingerprint density at radius 1 is 1.37 bits per heavy atom. The Hall–Kier alpha value is -1.42. The predicted molar refractivity (Wildman–Crippen MR) is 79.6 cm³/mol. The number of carbonyl (C=O) groups excluding carboxylic acids is 1. The van der Waals surface area contributed by atoms with Crippen molar-refractivity contribution in [2.75, 3.05) is 6.61 Å². The molecule has 0 radical (unpaired) electrons. The summed E-state index contributed by atoms with van der Waals surface area (Å²) < 4.78 is 5.26. The molecular formula is C15H16BrNO2. The highest BCUT2D eigenvalue weighted by molar-refractivity contribution is 9.08. The van der Waals surface area contributed by atoms with Crippen molar-refractivity contribution in [1.29, 1.82) is 0 Å². The Kier molecular flexibility index (Phi) is 4.91. The summed E-state index contributed by atoms with van der Waals surface area (Å²) in [5.41, 5.74) is 2.37. The van der Waals surface area contributed by atoms with Crippen LogP contribution in [0.1, 0.15) is 35.7 Å². The minimum atomic E-state index is -0.293. The van der Waals surface area contributed by atoms with Gasteiger partial charge in [0.2, 0.25) is 0 Å². The second kappa shape index (κ2) is 6.66. The highest BCUT2D eigenvalue weighted by Crippen LogP contribution is 2.23. The van der Waals surface area contributed by atoms with Crippen LogP contribution in [0.5, 0.6) is 0 Å². The van der Waals surface area contributed by atoms with E-state index >= 15 is 0 Å². The van der Waals surface area contributed by atoms with Gasteiger partial charge in [0.05, 0.1) is 17.7 Å². The molecule has 1 aromatic carbocycles. The molecule has 0 unspecified atom stereocenters. The van der Waals surface area contributed by atoms with Crippen molar-refractivity contribution in [1.82, 2.24) is 4.98 Å². The van der Waals surface area contributed by atoms with E-state index in [1.807, 2.05) is 18.2 Å². The van der Waals surface area contributed by atoms with Crippen LogP contribution in [0.4, 0.5) is 0 Å². The van der Waals surface area contributed by atoms with Crippen molar-refractivity contribution in [2.24, 2.45) is 0 Å². The van der Waals surface area contributed by atoms with Gasteiger partial charge in [0.1, 0.15) is 0 Å². The maximum atomic E-state index is 12.1. The number of benzene rings is 1. The molecule has 0 atom stereocenters. The lowest BCUT2D eigenvalue weighted by Crippen LogP contribution is -2.08. The summed E-state index contributed by atoms with van der Waals surface area (Å²) in [6.07, 6.45) is 3.59. The minimum absolute atomic E-state index is 0.293. The number of unbranched alkanes of at least 4 members (excludes halogenated alkanes) is 1. The molecular weight excluding hydrogens is 306 g/mol. The largest absolute Gasteiger partial charge is 0.462 e. The molecule has 0 N–H and O–H groups in total. The van der Waals surface area contributed by atoms with E-state index in [0.717, 1.165) is 29.1 Å². The molecule has 0 aliphatic rings. The van der Waals surface area contributed by atoms with Crippen molar-refractivity contribution in [2.45, 2.75) is 25.1 Å². The Balaban J connectivity index is 2.36. The topological polar surface area (TPSA) is 39.2 Å². The number of alkyl halides is 1. The predicted octanol–water partition coefficient (Wildman–Crippen LogP) is 4.09. The van der Waals surface area contributed by atoms with Crippen LogP contribution in [0.15, 0.2) is 30.5 Å². The van der Waals surface area contributed by atoms with Gasteiger partial charge in [0.25, 0.3) is 0 Å². The van der Waals surface area contributed by atoms with Crippen molar-refractivity contribution >= 4 is 32.8 Å². The van der Waals surface area contributed by atoms with Crippen molar-refractivity contribution < 1.29 is 9.53 Å². The third-order valence-corrected chi connectivity index (χ3v) is 3.56. The van der Waals surface area contributed by atoms with Crippen LogP contribution in [-0.4, -0.2) is 17.6 Å². The van der Waals surface area contributed by atoms with Gasteiger partial charge in [0, 0.05) is 16.9 Å². The first-order valence-corrected chi connectivity index (χ1v) is 7.49. The molecule has 19 heavy (non-hydrogen) atoms. The number of esters is 1. The van der Waals surface area contributed by atoms with Gasteiger partial charge in [-0.1, -0.05) is 41.4 Å². The highest BCUT2D eigenvalue weighted by Gasteiger charge is 2.14. The van der Waals surface area contributed by atoms with Crippen molar-refractivity contribution in [3.63, 3.8) is 0 Å². The van der Waals surface area contributed by atoms with Crippen LogP contribution in [0, 0.1) is 0 Å². The Morgan fingerprint density at radius 2 is 2.21 bits per heavy atom. The first-order chi connectivity index (χ1) is 9.27. The summed E-state index contributed by atoms with van der Waals surface area (Å²) in [6.45, 7) is 2.53. The lowest BCUT2D eigenvalue weighted by Gasteiger charge is -2.09. The van der Waals surface area contributed by atoms with Gasteiger partial charge >= 0.3 is 5.97 Å². The number of hydrogen-bond acceptors (Lipinski definition) is 3. The average molecular weight is 322 g/mol. The third-order valence-electron chi connectivity index (χ3n) is 2.95. The number of carbonyl (C=O) groups is 1. The number of fused-ring (bicyclic) bond motifs is 1. The summed E-state index contributed by atoms with van der Waals surface area (Å²) in [7, 11) is 0. The average Bonchev–Trinajstić information content (AvgIpc) is 2.46. The maximum absolute atomic E-state index is 12.1. The van der Waals surface area contributed by atoms with Gasteiger partial charge in [-0.2, -0.15) is 0 Å². The first-order valence-electron chi connectivity index (χ1n) is 6.37. The number of ether oxygens (including phenoxy) is 1. The quantitative estimate of drug-likeness (QED) is 0.473. The standard InChI is InChI=1S/C15H16BrNO2/c1-2-3-9-19-15(18)13-7-6-11(10-16)12-5-4-8-17-14(12)13/h4-8H,2-3,9-10H2,1H3. The third kappa shape index (κ3) is 3.13. The molecule has 2 aromatic rings. The molecule has 1 aromatic heterocycles. The monoisotopic (exact) mass is 321 g/mol. The fourth-order valence-electron chi connectivity index (χ4n) is 1.90. The van der Waals surface area contributed by atoms with E-state index in [1.54, 1.807) is 12.3 Å². The van der Waals surface area contributed by atoms with E-state index in [1.165, 1.54) is 0 Å². The molecule has 0 spiro atoms. The van der Waals surface area contributed by atoms with Crippen LogP contribution in [0.25, 0.3) is 10.9 Å². The van der Waals surface area contributed by atoms with Crippen LogP contribution in [-0.2, 0) is 10.1 Å². The van der Waals surface area contributed by atoms with E-state index in [2.05, 4.69) is 27.8 Å². The minimum Gasteiger partial charge on any atom is -0.462 e. The smallest absolute Gasteiger partial charge is 0.340 e. The summed E-state index contributed by atoms with van der Waals surface area (Å²) in [5, 5.41) is 1.73. The SMILES string of the molecule is CCCCOC(=O)c1ccc(CBr)c2cccnc12. The summed E-state index contributed by atoms with van der Waals surface area (Å²) in [4.78, 5) is 16.4. The van der Waals surface area contributed by atoms with Gasteiger partial charge < -0.3 is 4.74 Å². The number of pyridine rings is 1. The number of aromatic nitrogens is 1. The molecule has 0 saturated heterocycles. The summed E-state index contributed by atoms with van der Waals surface area (Å²) >= 11 is 3.45. The molecule has 0 aliphatic carbocycles. The van der Waals surface area contributed by atoms with Crippen LogP contribution in [0.2, 0.25) is 0 Å². The zero-order valence-electron chi connectivity index (χ0n) is 10.9. The van der Waals surface area contributed by atoms with E-state index in [4.69, 9.17) is 4.74 Å². The maximum Gasteiger partial charge on any atom is 0.340 e. The molecule has 2 rings (SSSR count). The van der Waals surface area contributed by atoms with Gasteiger partial charge in [0.15, 0.2) is 0 Å². The van der Waals surface area contributed by atoms with E-state index < -0.39 is 0 Å². The summed E-state index contributed by atoms with van der Waals surface area (Å²) in [5.74, 6) is -0.293. The second-order valence-corrected chi connectivity index (χ2v) is 4.86. The number of rotatable bonds is 5. The molecule has 0 fully saturated rings. The Labute approximate surface area is 121 Å². The van der Waals surface area contributed by atoms with Crippen molar-refractivity contribution in [3.8, 4) is 0 Å². The Morgan fingerprint density at radius 3 is 2.95 bits per heavy atom. The molecule has 0 amide bonds. The number of nitrogens with zero attached hydrogens (tertiary/aromatic N) is 1. The van der Waals surface area contributed by atoms with E-state index in [9.17, 15) is 4.79 Å². The van der Waals surface area contributed by atoms with E-state index in [0.29, 0.717) is 17.7 Å². The molecule has 100 valence electrons. The first kappa shape index (κ1) is 14.0. The molecule has 0 saturated carbocycles. The van der Waals surface area contributed by atoms with Crippen LogP contribution < -0.4 is 0 Å². The number of halogens is 1. The molecule has 0 bridgehead atoms. The van der Waals surface area contributed by atoms with Crippen LogP contribution in [0.3, 0.4) is 0 Å². The molecule has 0 aliphatic heterocycles. The van der Waals surface area contributed by atoms with Crippen LogP contribution >= 0.6 is 15.9 Å². The van der Waals surface area contributed by atoms with Crippen molar-refractivity contribution in [3.05, 3.63) is 41.6 Å². The zero-order valence-corrected chi connectivity index (χ0v) is 12.4. The van der Waals surface area contributed by atoms with Gasteiger partial charge in [-0.15, -0.1) is 0 Å². The normalized spacial score (nSPS) is 10.6. The highest BCUT2D eigenvalue weighted by atomic mass is 79.9. The molecule has 4 heteroatoms. The lowest BCUT2D eigenvalue weighted by atomic mass is 10.1. The fourth-order valence-corrected chi connectivity index (χ4v) is 2.39. The van der Waals surface area contributed by atoms with Gasteiger partial charge in [-0.25, -0.2) is 4.79 Å². The van der Waals surface area contributed by atoms with Gasteiger partial charge in [-0.05, 0) is 24.1 Å². The van der Waals surface area contributed by atoms with E-state index in [-0.39, 0.29) is 5.97 Å². The zero-order chi connectivity index (χ0) is 13.7. The Bertz CT molecular complexity index is 583. The fraction of sp³-hybridized carbons (Fsp3) is 0.333. The van der Waals surface area contributed by atoms with Gasteiger partial charge in [-0.3, -0.25) is 4.98 Å².